The molecule has 4 aromatic rings. The number of esters is 2. The van der Waals surface area contributed by atoms with Crippen molar-refractivity contribution in [2.75, 3.05) is 13.2 Å². The third-order valence-corrected chi connectivity index (χ3v) is 5.99. The largest absolute Gasteiger partial charge is 0.462 e. The van der Waals surface area contributed by atoms with E-state index < -0.39 is 17.1 Å². The molecule has 0 bridgehead atoms. The fourth-order valence-corrected chi connectivity index (χ4v) is 4.03. The molecular formula is C24H19Br2Cl4N2O6P. The van der Waals surface area contributed by atoms with E-state index >= 15 is 0 Å². The van der Waals surface area contributed by atoms with Crippen LogP contribution in [0.2, 0.25) is 5.02 Å². The summed E-state index contributed by atoms with van der Waals surface area (Å²) in [6.07, 6.45) is 2.83. The van der Waals surface area contributed by atoms with Gasteiger partial charge in [-0.2, -0.15) is 0 Å². The molecule has 0 spiro atoms. The van der Waals surface area contributed by atoms with Crippen molar-refractivity contribution in [2.24, 2.45) is 0 Å². The SMILES string of the molecule is CCOC(=O)c1c[nH]c2ccc(Br)cc2c1=O.CCOC(=O)c1cnc2ccc(Br)cc2c1Cl.O=P(Cl)(Cl)Cl. The van der Waals surface area contributed by atoms with Gasteiger partial charge in [-0.05, 0) is 84.0 Å². The molecule has 0 radical (unpaired) electrons. The summed E-state index contributed by atoms with van der Waals surface area (Å²) in [6.45, 7) is 4.00. The van der Waals surface area contributed by atoms with Gasteiger partial charge in [-0.1, -0.05) is 43.5 Å². The number of fused-ring (bicyclic) bond motifs is 2. The molecule has 2 aromatic heterocycles. The quantitative estimate of drug-likeness (QED) is 0.163. The Bertz CT molecular complexity index is 1610. The molecule has 2 aromatic carbocycles. The Morgan fingerprint density at radius 1 is 0.923 bits per heavy atom. The van der Waals surface area contributed by atoms with Gasteiger partial charge in [-0.25, -0.2) is 9.59 Å². The number of benzene rings is 2. The van der Waals surface area contributed by atoms with Crippen LogP contribution in [0.15, 0.2) is 62.5 Å². The molecule has 0 fully saturated rings. The molecule has 0 saturated carbocycles. The highest BCUT2D eigenvalue weighted by atomic mass is 79.9. The van der Waals surface area contributed by atoms with Crippen molar-refractivity contribution in [3.05, 3.63) is 84.1 Å². The predicted molar refractivity (Wildman–Crippen MR) is 164 cm³/mol. The van der Waals surface area contributed by atoms with E-state index in [2.05, 4.69) is 75.6 Å². The molecule has 0 atom stereocenters. The maximum Gasteiger partial charge on any atom is 0.343 e. The first-order valence-corrected chi connectivity index (χ1v) is 17.2. The number of hydrogen-bond donors (Lipinski definition) is 1. The van der Waals surface area contributed by atoms with Gasteiger partial charge in [-0.15, -0.1) is 0 Å². The first-order valence-electron chi connectivity index (χ1n) is 10.8. The van der Waals surface area contributed by atoms with Crippen molar-refractivity contribution in [1.82, 2.24) is 9.97 Å². The minimum absolute atomic E-state index is 0.0254. The number of carbonyl (C=O) groups excluding carboxylic acids is 2. The first-order chi connectivity index (χ1) is 18.3. The van der Waals surface area contributed by atoms with Gasteiger partial charge < -0.3 is 14.5 Å². The van der Waals surface area contributed by atoms with E-state index in [9.17, 15) is 18.9 Å². The topological polar surface area (TPSA) is 115 Å². The van der Waals surface area contributed by atoms with E-state index in [0.717, 1.165) is 19.8 Å². The average Bonchev–Trinajstić information content (AvgIpc) is 2.85. The number of aromatic nitrogens is 2. The Morgan fingerprint density at radius 2 is 1.44 bits per heavy atom. The number of halogens is 6. The molecule has 0 amide bonds. The second-order valence-electron chi connectivity index (χ2n) is 7.21. The van der Waals surface area contributed by atoms with Crippen molar-refractivity contribution < 1.29 is 23.6 Å². The Hall–Kier alpha value is -1.65. The molecule has 208 valence electrons. The molecule has 8 nitrogen and oxygen atoms in total. The third-order valence-electron chi connectivity index (χ3n) is 4.60. The van der Waals surface area contributed by atoms with Crippen LogP contribution in [0.4, 0.5) is 0 Å². The Morgan fingerprint density at radius 3 is 2.00 bits per heavy atom. The summed E-state index contributed by atoms with van der Waals surface area (Å²) >= 11 is 26.7. The van der Waals surface area contributed by atoms with E-state index in [1.165, 1.54) is 12.4 Å². The normalized spacial score (nSPS) is 10.7. The number of nitrogens with zero attached hydrogens (tertiary/aromatic N) is 1. The van der Waals surface area contributed by atoms with Crippen molar-refractivity contribution >= 4 is 116 Å². The van der Waals surface area contributed by atoms with Crippen LogP contribution in [0.1, 0.15) is 34.6 Å². The lowest BCUT2D eigenvalue weighted by Gasteiger charge is -2.06. The van der Waals surface area contributed by atoms with Gasteiger partial charge in [0.1, 0.15) is 5.56 Å². The van der Waals surface area contributed by atoms with Crippen LogP contribution in [0.5, 0.6) is 0 Å². The second kappa shape index (κ2) is 15.4. The summed E-state index contributed by atoms with van der Waals surface area (Å²) in [4.78, 5) is 42.3. The van der Waals surface area contributed by atoms with E-state index in [-0.39, 0.29) is 17.6 Å². The van der Waals surface area contributed by atoms with Gasteiger partial charge in [-0.3, -0.25) is 14.3 Å². The van der Waals surface area contributed by atoms with Crippen molar-refractivity contribution in [3.63, 3.8) is 0 Å². The fourth-order valence-electron chi connectivity index (χ4n) is 3.03. The van der Waals surface area contributed by atoms with E-state index in [4.69, 9.17) is 21.1 Å². The molecule has 0 saturated heterocycles. The van der Waals surface area contributed by atoms with Crippen molar-refractivity contribution in [2.45, 2.75) is 13.8 Å². The van der Waals surface area contributed by atoms with Crippen LogP contribution >= 0.6 is 82.4 Å². The Kier molecular flexibility index (Phi) is 13.2. The standard InChI is InChI=1S/C12H9BrClNO2.C12H10BrNO3.Cl3OP/c1-2-17-12(16)9-6-15-10-4-3-7(13)5-8(10)11(9)14;1-2-17-12(16)9-6-14-10-4-3-7(13)5-8(10)11(9)15;1-5(2,3)4/h3-6H,2H2,1H3;3-6H,2H2,1H3,(H,14,15);. The summed E-state index contributed by atoms with van der Waals surface area (Å²) in [5, 5.41) is -1.66. The zero-order valence-corrected chi connectivity index (χ0v) is 27.2. The van der Waals surface area contributed by atoms with Gasteiger partial charge >= 0.3 is 17.1 Å². The Labute approximate surface area is 259 Å². The van der Waals surface area contributed by atoms with Crippen molar-refractivity contribution in [3.8, 4) is 0 Å². The number of aromatic amines is 1. The van der Waals surface area contributed by atoms with E-state index in [1.807, 2.05) is 24.3 Å². The zero-order chi connectivity index (χ0) is 29.3. The maximum absolute atomic E-state index is 12.1. The lowest BCUT2D eigenvalue weighted by molar-refractivity contribution is 0.0516. The van der Waals surface area contributed by atoms with E-state index in [1.54, 1.807) is 26.0 Å². The summed E-state index contributed by atoms with van der Waals surface area (Å²) in [5.41, 5.74) is 1.42. The van der Waals surface area contributed by atoms with E-state index in [0.29, 0.717) is 28.1 Å². The lowest BCUT2D eigenvalue weighted by atomic mass is 10.1. The second-order valence-corrected chi connectivity index (χ2v) is 16.1. The summed E-state index contributed by atoms with van der Waals surface area (Å²) < 4.78 is 20.9. The molecule has 2 heterocycles. The summed E-state index contributed by atoms with van der Waals surface area (Å²) in [5.74, 6) is -1.05. The molecule has 4 rings (SSSR count). The third kappa shape index (κ3) is 10.4. The van der Waals surface area contributed by atoms with Crippen LogP contribution in [-0.4, -0.2) is 35.1 Å². The minimum atomic E-state index is -3.22. The van der Waals surface area contributed by atoms with Crippen LogP contribution in [0.3, 0.4) is 0 Å². The minimum Gasteiger partial charge on any atom is -0.462 e. The van der Waals surface area contributed by atoms with Gasteiger partial charge in [0.25, 0.3) is 0 Å². The molecule has 0 aliphatic heterocycles. The number of nitrogens with one attached hydrogen (secondary N) is 1. The first kappa shape index (κ1) is 33.6. The van der Waals surface area contributed by atoms with Gasteiger partial charge in [0, 0.05) is 37.6 Å². The van der Waals surface area contributed by atoms with Crippen LogP contribution in [0.25, 0.3) is 21.8 Å². The number of carbonyl (C=O) groups is 2. The molecule has 0 unspecified atom stereocenters. The fraction of sp³-hybridized carbons (Fsp3) is 0.167. The van der Waals surface area contributed by atoms with Crippen LogP contribution < -0.4 is 5.43 Å². The zero-order valence-electron chi connectivity index (χ0n) is 20.1. The summed E-state index contributed by atoms with van der Waals surface area (Å²) in [6, 6.07) is 10.8. The molecular weight excluding hydrogens is 745 g/mol. The monoisotopic (exact) mass is 760 g/mol. The molecule has 39 heavy (non-hydrogen) atoms. The number of hydrogen-bond acceptors (Lipinski definition) is 7. The molecule has 15 heteroatoms. The average molecular weight is 764 g/mol. The summed E-state index contributed by atoms with van der Waals surface area (Å²) in [7, 11) is 0. The smallest absolute Gasteiger partial charge is 0.343 e. The highest BCUT2D eigenvalue weighted by molar-refractivity contribution is 9.10. The van der Waals surface area contributed by atoms with Gasteiger partial charge in [0.15, 0.2) is 0 Å². The lowest BCUT2D eigenvalue weighted by Crippen LogP contribution is -2.18. The Balaban J connectivity index is 0.000000234. The van der Waals surface area contributed by atoms with Crippen LogP contribution in [0, 0.1) is 0 Å². The van der Waals surface area contributed by atoms with Crippen LogP contribution in [-0.2, 0) is 14.0 Å². The highest BCUT2D eigenvalue weighted by Gasteiger charge is 2.15. The number of pyridine rings is 2. The number of H-pyrrole nitrogens is 1. The number of rotatable bonds is 4. The number of ether oxygens (including phenoxy) is 2. The van der Waals surface area contributed by atoms with Crippen molar-refractivity contribution in [1.29, 1.82) is 0 Å². The van der Waals surface area contributed by atoms with Gasteiger partial charge in [0.2, 0.25) is 5.43 Å². The highest BCUT2D eigenvalue weighted by Crippen LogP contribution is 2.61. The predicted octanol–water partition coefficient (Wildman–Crippen LogP) is 9.11. The molecule has 0 aliphatic carbocycles. The molecule has 0 aliphatic rings. The molecule has 1 N–H and O–H groups in total. The van der Waals surface area contributed by atoms with Gasteiger partial charge in [0.05, 0.1) is 29.3 Å². The maximum atomic E-state index is 12.1.